The Morgan fingerprint density at radius 1 is 1.44 bits per heavy atom. The van der Waals surface area contributed by atoms with Crippen molar-refractivity contribution in [1.29, 1.82) is 0 Å². The summed E-state index contributed by atoms with van der Waals surface area (Å²) in [6.07, 6.45) is 1.56. The van der Waals surface area contributed by atoms with Crippen molar-refractivity contribution in [2.75, 3.05) is 0 Å². The summed E-state index contributed by atoms with van der Waals surface area (Å²) in [5.74, 6) is -0.202. The molecule has 2 rings (SSSR count). The predicted octanol–water partition coefficient (Wildman–Crippen LogP) is 3.60. The summed E-state index contributed by atoms with van der Waals surface area (Å²) in [6.45, 7) is 3.99. The molecule has 1 amide bonds. The summed E-state index contributed by atoms with van der Waals surface area (Å²) in [6, 6.07) is 7.39. The highest BCUT2D eigenvalue weighted by atomic mass is 35.5. The van der Waals surface area contributed by atoms with Gasteiger partial charge in [0.2, 0.25) is 0 Å². The van der Waals surface area contributed by atoms with E-state index in [-0.39, 0.29) is 17.1 Å². The summed E-state index contributed by atoms with van der Waals surface area (Å²) in [5.41, 5.74) is 0.402. The number of aryl methyl sites for hydroxylation is 1. The van der Waals surface area contributed by atoms with Crippen LogP contribution in [-0.2, 0) is 0 Å². The zero-order valence-electron chi connectivity index (χ0n) is 10.1. The van der Waals surface area contributed by atoms with Gasteiger partial charge in [0.1, 0.15) is 5.15 Å². The van der Waals surface area contributed by atoms with Crippen molar-refractivity contribution in [2.24, 2.45) is 0 Å². The van der Waals surface area contributed by atoms with Crippen molar-refractivity contribution in [3.63, 3.8) is 0 Å². The van der Waals surface area contributed by atoms with Crippen LogP contribution in [0.3, 0.4) is 0 Å². The van der Waals surface area contributed by atoms with Crippen molar-refractivity contribution in [3.8, 4) is 0 Å². The zero-order chi connectivity index (χ0) is 13.1. The molecule has 94 valence electrons. The number of hydrogen-bond acceptors (Lipinski definition) is 3. The van der Waals surface area contributed by atoms with Crippen LogP contribution in [0.4, 0.5) is 0 Å². The molecule has 1 atom stereocenters. The number of hydrogen-bond donors (Lipinski definition) is 1. The van der Waals surface area contributed by atoms with E-state index in [0.29, 0.717) is 5.56 Å². The number of nitrogens with zero attached hydrogens (tertiary/aromatic N) is 1. The Bertz CT molecular complexity index is 568. The minimum Gasteiger partial charge on any atom is -0.345 e. The van der Waals surface area contributed by atoms with Gasteiger partial charge in [0.05, 0.1) is 11.6 Å². The van der Waals surface area contributed by atoms with Crippen molar-refractivity contribution in [2.45, 2.75) is 19.9 Å². The number of halogens is 1. The molecule has 0 bridgehead atoms. The molecule has 5 heteroatoms. The number of nitrogens with one attached hydrogen (secondary N) is 1. The molecule has 0 spiro atoms. The summed E-state index contributed by atoms with van der Waals surface area (Å²) in [4.78, 5) is 18.3. The van der Waals surface area contributed by atoms with Gasteiger partial charge in [0.25, 0.3) is 5.91 Å². The van der Waals surface area contributed by atoms with Gasteiger partial charge in [-0.2, -0.15) is 0 Å². The van der Waals surface area contributed by atoms with Crippen LogP contribution in [0, 0.1) is 6.92 Å². The SMILES string of the molecule is Cc1ccc(C(C)NC(=O)c2cccnc2Cl)s1. The Hall–Kier alpha value is -1.39. The molecule has 0 radical (unpaired) electrons. The monoisotopic (exact) mass is 280 g/mol. The second-order valence-corrected chi connectivity index (χ2v) is 5.66. The summed E-state index contributed by atoms with van der Waals surface area (Å²) < 4.78 is 0. The second-order valence-electron chi connectivity index (χ2n) is 3.99. The fourth-order valence-corrected chi connectivity index (χ4v) is 2.67. The largest absolute Gasteiger partial charge is 0.345 e. The molecule has 3 nitrogen and oxygen atoms in total. The lowest BCUT2D eigenvalue weighted by Crippen LogP contribution is -2.26. The Morgan fingerprint density at radius 3 is 2.83 bits per heavy atom. The van der Waals surface area contributed by atoms with Crippen molar-refractivity contribution in [3.05, 3.63) is 50.9 Å². The molecule has 2 heterocycles. The summed E-state index contributed by atoms with van der Waals surface area (Å²) in [5, 5.41) is 3.14. The molecular weight excluding hydrogens is 268 g/mol. The Kier molecular flexibility index (Phi) is 3.99. The van der Waals surface area contributed by atoms with Gasteiger partial charge >= 0.3 is 0 Å². The van der Waals surface area contributed by atoms with E-state index in [9.17, 15) is 4.79 Å². The van der Waals surface area contributed by atoms with Gasteiger partial charge in [0.15, 0.2) is 0 Å². The number of carbonyl (C=O) groups excluding carboxylic acids is 1. The maximum atomic E-state index is 12.0. The molecule has 0 fully saturated rings. The summed E-state index contributed by atoms with van der Waals surface area (Å²) >= 11 is 7.56. The van der Waals surface area contributed by atoms with Crippen molar-refractivity contribution in [1.82, 2.24) is 10.3 Å². The van der Waals surface area contributed by atoms with Crippen LogP contribution in [0.15, 0.2) is 30.5 Å². The highest BCUT2D eigenvalue weighted by molar-refractivity contribution is 7.12. The molecular formula is C13H13ClN2OS. The van der Waals surface area contributed by atoms with Crippen LogP contribution in [0.25, 0.3) is 0 Å². The number of pyridine rings is 1. The number of thiophene rings is 1. The standard InChI is InChI=1S/C13H13ClN2OS/c1-8-5-6-11(18-8)9(2)16-13(17)10-4-3-7-15-12(10)14/h3-7,9H,1-2H3,(H,16,17). The molecule has 0 aliphatic heterocycles. The summed E-state index contributed by atoms with van der Waals surface area (Å²) in [7, 11) is 0. The lowest BCUT2D eigenvalue weighted by Gasteiger charge is -2.12. The number of aromatic nitrogens is 1. The molecule has 18 heavy (non-hydrogen) atoms. The van der Waals surface area contributed by atoms with E-state index in [4.69, 9.17) is 11.6 Å². The highest BCUT2D eigenvalue weighted by Gasteiger charge is 2.15. The van der Waals surface area contributed by atoms with E-state index in [0.717, 1.165) is 4.88 Å². The third-order valence-electron chi connectivity index (χ3n) is 2.54. The first-order valence-corrected chi connectivity index (χ1v) is 6.75. The van der Waals surface area contributed by atoms with E-state index >= 15 is 0 Å². The Balaban J connectivity index is 2.10. The van der Waals surface area contributed by atoms with E-state index in [1.807, 2.05) is 26.0 Å². The molecule has 0 aliphatic rings. The minimum absolute atomic E-state index is 0.0347. The number of rotatable bonds is 3. The first-order chi connectivity index (χ1) is 8.58. The first kappa shape index (κ1) is 13.1. The van der Waals surface area contributed by atoms with Crippen LogP contribution >= 0.6 is 22.9 Å². The molecule has 1 N–H and O–H groups in total. The Morgan fingerprint density at radius 2 is 2.22 bits per heavy atom. The van der Waals surface area contributed by atoms with Gasteiger partial charge in [0, 0.05) is 16.0 Å². The quantitative estimate of drug-likeness (QED) is 0.873. The van der Waals surface area contributed by atoms with Gasteiger partial charge in [-0.15, -0.1) is 11.3 Å². The van der Waals surface area contributed by atoms with Crippen LogP contribution < -0.4 is 5.32 Å². The van der Waals surface area contributed by atoms with Gasteiger partial charge in [-0.25, -0.2) is 4.98 Å². The van der Waals surface area contributed by atoms with Gasteiger partial charge in [-0.05, 0) is 38.1 Å². The van der Waals surface area contributed by atoms with E-state index in [1.165, 1.54) is 4.88 Å². The molecule has 2 aromatic heterocycles. The van der Waals surface area contributed by atoms with Gasteiger partial charge in [-0.3, -0.25) is 4.79 Å². The van der Waals surface area contributed by atoms with E-state index in [1.54, 1.807) is 29.7 Å². The molecule has 0 aliphatic carbocycles. The molecule has 0 saturated carbocycles. The van der Waals surface area contributed by atoms with Crippen molar-refractivity contribution >= 4 is 28.8 Å². The maximum Gasteiger partial charge on any atom is 0.254 e. The fraction of sp³-hybridized carbons (Fsp3) is 0.231. The zero-order valence-corrected chi connectivity index (χ0v) is 11.7. The van der Waals surface area contributed by atoms with Gasteiger partial charge < -0.3 is 5.32 Å². The van der Waals surface area contributed by atoms with Crippen LogP contribution in [-0.4, -0.2) is 10.9 Å². The fourth-order valence-electron chi connectivity index (χ4n) is 1.59. The lowest BCUT2D eigenvalue weighted by atomic mass is 10.2. The van der Waals surface area contributed by atoms with Crippen LogP contribution in [0.1, 0.15) is 33.1 Å². The Labute approximate surface area is 115 Å². The van der Waals surface area contributed by atoms with Crippen molar-refractivity contribution < 1.29 is 4.79 Å². The number of carbonyl (C=O) groups is 1. The smallest absolute Gasteiger partial charge is 0.254 e. The molecule has 0 aromatic carbocycles. The maximum absolute atomic E-state index is 12.0. The lowest BCUT2D eigenvalue weighted by molar-refractivity contribution is 0.0940. The predicted molar refractivity (Wildman–Crippen MR) is 74.2 cm³/mol. The molecule has 1 unspecified atom stereocenters. The van der Waals surface area contributed by atoms with Crippen LogP contribution in [0.2, 0.25) is 5.15 Å². The van der Waals surface area contributed by atoms with Gasteiger partial charge in [-0.1, -0.05) is 11.6 Å². The van der Waals surface area contributed by atoms with Crippen LogP contribution in [0.5, 0.6) is 0 Å². The second kappa shape index (κ2) is 5.50. The highest BCUT2D eigenvalue weighted by Crippen LogP contribution is 2.23. The molecule has 0 saturated heterocycles. The topological polar surface area (TPSA) is 42.0 Å². The van der Waals surface area contributed by atoms with E-state index < -0.39 is 0 Å². The normalized spacial score (nSPS) is 12.2. The molecule has 2 aromatic rings. The average Bonchev–Trinajstić information content (AvgIpc) is 2.76. The number of amides is 1. The third kappa shape index (κ3) is 2.89. The first-order valence-electron chi connectivity index (χ1n) is 5.55. The minimum atomic E-state index is -0.202. The average molecular weight is 281 g/mol. The van der Waals surface area contributed by atoms with E-state index in [2.05, 4.69) is 10.3 Å². The third-order valence-corrected chi connectivity index (χ3v) is 4.02.